The number of fused-ring (bicyclic) bond motifs is 3. The molecular formula is C18H16ClFN2O3. The molecule has 1 amide bonds. The van der Waals surface area contributed by atoms with Crippen molar-refractivity contribution in [2.45, 2.75) is 19.1 Å². The third-order valence-corrected chi connectivity index (χ3v) is 4.52. The van der Waals surface area contributed by atoms with E-state index in [1.165, 1.54) is 12.1 Å². The quantitative estimate of drug-likeness (QED) is 0.878. The van der Waals surface area contributed by atoms with Crippen molar-refractivity contribution in [1.82, 2.24) is 5.32 Å². The Morgan fingerprint density at radius 2 is 2.12 bits per heavy atom. The van der Waals surface area contributed by atoms with E-state index in [1.807, 2.05) is 0 Å². The Bertz CT molecular complexity index is 826. The zero-order valence-corrected chi connectivity index (χ0v) is 14.0. The van der Waals surface area contributed by atoms with Crippen LogP contribution in [0.1, 0.15) is 11.1 Å². The van der Waals surface area contributed by atoms with Crippen molar-refractivity contribution >= 4 is 23.2 Å². The van der Waals surface area contributed by atoms with Gasteiger partial charge in [-0.1, -0.05) is 23.7 Å². The Kier molecular flexibility index (Phi) is 4.23. The second-order valence-electron chi connectivity index (χ2n) is 6.07. The normalized spacial score (nSPS) is 18.0. The number of amides is 1. The van der Waals surface area contributed by atoms with Crippen LogP contribution in [0.3, 0.4) is 0 Å². The minimum absolute atomic E-state index is 0.106. The van der Waals surface area contributed by atoms with Gasteiger partial charge in [-0.25, -0.2) is 4.39 Å². The topological polar surface area (TPSA) is 59.6 Å². The Morgan fingerprint density at radius 1 is 1.32 bits per heavy atom. The second kappa shape index (κ2) is 6.54. The van der Waals surface area contributed by atoms with Crippen LogP contribution < -0.4 is 20.1 Å². The Hall–Kier alpha value is -2.31. The molecule has 0 bridgehead atoms. The lowest BCUT2D eigenvalue weighted by molar-refractivity contribution is -0.115. The first-order valence-electron chi connectivity index (χ1n) is 8.00. The highest BCUT2D eigenvalue weighted by Crippen LogP contribution is 2.46. The number of carbonyl (C=O) groups excluding carboxylic acids is 1. The van der Waals surface area contributed by atoms with Gasteiger partial charge in [-0.3, -0.25) is 4.79 Å². The standard InChI is InChI=1S/C18H16ClFN2O3/c19-14-6-15-18(13-5-16(23)22-17(13)14)25-12(9-24-15)8-21-7-10-1-3-11(20)4-2-10/h1-4,6,12,21H,5,7-9H2,(H,22,23). The third kappa shape index (κ3) is 3.27. The average molecular weight is 363 g/mol. The van der Waals surface area contributed by atoms with E-state index in [4.69, 9.17) is 21.1 Å². The fraction of sp³-hybridized carbons (Fsp3) is 0.278. The average Bonchev–Trinajstić information content (AvgIpc) is 3.00. The van der Waals surface area contributed by atoms with Crippen LogP contribution in [-0.4, -0.2) is 25.2 Å². The van der Waals surface area contributed by atoms with Crippen LogP contribution in [0.15, 0.2) is 30.3 Å². The van der Waals surface area contributed by atoms with Crippen molar-refractivity contribution in [2.75, 3.05) is 18.5 Å². The summed E-state index contributed by atoms with van der Waals surface area (Å²) in [7, 11) is 0. The van der Waals surface area contributed by atoms with Crippen LogP contribution in [-0.2, 0) is 17.8 Å². The summed E-state index contributed by atoms with van der Waals surface area (Å²) < 4.78 is 24.7. The first-order valence-corrected chi connectivity index (χ1v) is 8.38. The van der Waals surface area contributed by atoms with Gasteiger partial charge >= 0.3 is 0 Å². The lowest BCUT2D eigenvalue weighted by Crippen LogP contribution is -2.38. The highest BCUT2D eigenvalue weighted by Gasteiger charge is 2.31. The molecule has 2 aliphatic heterocycles. The summed E-state index contributed by atoms with van der Waals surface area (Å²) in [6.45, 7) is 1.56. The van der Waals surface area contributed by atoms with Gasteiger partial charge in [-0.05, 0) is 17.7 Å². The molecule has 7 heteroatoms. The van der Waals surface area contributed by atoms with E-state index < -0.39 is 0 Å². The Labute approximate surface area is 149 Å². The molecule has 0 aliphatic carbocycles. The summed E-state index contributed by atoms with van der Waals surface area (Å²) in [4.78, 5) is 11.7. The SMILES string of the molecule is O=C1Cc2c(c(Cl)cc3c2OC(CNCc2ccc(F)cc2)CO3)N1. The fourth-order valence-electron chi connectivity index (χ4n) is 3.01. The van der Waals surface area contributed by atoms with E-state index in [1.54, 1.807) is 18.2 Å². The number of hydrogen-bond donors (Lipinski definition) is 2. The number of benzene rings is 2. The van der Waals surface area contributed by atoms with Crippen LogP contribution in [0.25, 0.3) is 0 Å². The van der Waals surface area contributed by atoms with E-state index >= 15 is 0 Å². The molecule has 0 saturated carbocycles. The van der Waals surface area contributed by atoms with Crippen molar-refractivity contribution in [3.63, 3.8) is 0 Å². The van der Waals surface area contributed by atoms with Crippen LogP contribution in [0, 0.1) is 5.82 Å². The molecule has 0 radical (unpaired) electrons. The number of carbonyl (C=O) groups is 1. The second-order valence-corrected chi connectivity index (χ2v) is 6.48. The summed E-state index contributed by atoms with van der Waals surface area (Å²) >= 11 is 6.18. The Balaban J connectivity index is 1.42. The molecule has 0 aromatic heterocycles. The van der Waals surface area contributed by atoms with Crippen molar-refractivity contribution in [3.8, 4) is 11.5 Å². The predicted molar refractivity (Wildman–Crippen MR) is 91.8 cm³/mol. The van der Waals surface area contributed by atoms with E-state index in [0.717, 1.165) is 11.1 Å². The predicted octanol–water partition coefficient (Wildman–Crippen LogP) is 2.90. The molecule has 1 atom stereocenters. The van der Waals surface area contributed by atoms with Crippen molar-refractivity contribution < 1.29 is 18.7 Å². The first-order chi connectivity index (χ1) is 12.1. The molecule has 25 heavy (non-hydrogen) atoms. The smallest absolute Gasteiger partial charge is 0.229 e. The first kappa shape index (κ1) is 16.2. The summed E-state index contributed by atoms with van der Waals surface area (Å²) in [5.74, 6) is 0.790. The van der Waals surface area contributed by atoms with Gasteiger partial charge in [0.1, 0.15) is 18.5 Å². The molecule has 2 aromatic carbocycles. The number of hydrogen-bond acceptors (Lipinski definition) is 4. The van der Waals surface area contributed by atoms with Gasteiger partial charge in [0.25, 0.3) is 0 Å². The molecule has 2 N–H and O–H groups in total. The third-order valence-electron chi connectivity index (χ3n) is 4.22. The lowest BCUT2D eigenvalue weighted by atomic mass is 10.1. The van der Waals surface area contributed by atoms with E-state index in [2.05, 4.69) is 10.6 Å². The molecule has 0 saturated heterocycles. The van der Waals surface area contributed by atoms with Crippen LogP contribution in [0.2, 0.25) is 5.02 Å². The molecular weight excluding hydrogens is 347 g/mol. The van der Waals surface area contributed by atoms with Gasteiger partial charge in [-0.15, -0.1) is 0 Å². The van der Waals surface area contributed by atoms with Gasteiger partial charge in [0, 0.05) is 24.7 Å². The molecule has 0 fully saturated rings. The minimum Gasteiger partial charge on any atom is -0.486 e. The van der Waals surface area contributed by atoms with Gasteiger partial charge in [0.05, 0.1) is 17.1 Å². The lowest BCUT2D eigenvalue weighted by Gasteiger charge is -2.28. The monoisotopic (exact) mass is 362 g/mol. The van der Waals surface area contributed by atoms with Gasteiger partial charge < -0.3 is 20.1 Å². The van der Waals surface area contributed by atoms with Gasteiger partial charge in [0.15, 0.2) is 11.5 Å². The highest BCUT2D eigenvalue weighted by molar-refractivity contribution is 6.34. The summed E-state index contributed by atoms with van der Waals surface area (Å²) in [6.07, 6.45) is 0.0473. The van der Waals surface area contributed by atoms with Crippen LogP contribution >= 0.6 is 11.6 Å². The fourth-order valence-corrected chi connectivity index (χ4v) is 3.27. The maximum atomic E-state index is 12.9. The summed E-state index contributed by atoms with van der Waals surface area (Å²) in [6, 6.07) is 8.02. The Morgan fingerprint density at radius 3 is 2.92 bits per heavy atom. The largest absolute Gasteiger partial charge is 0.486 e. The van der Waals surface area contributed by atoms with Crippen molar-refractivity contribution in [1.29, 1.82) is 0 Å². The number of anilines is 1. The molecule has 4 rings (SSSR count). The van der Waals surface area contributed by atoms with Crippen molar-refractivity contribution in [2.24, 2.45) is 0 Å². The van der Waals surface area contributed by atoms with Crippen LogP contribution in [0.4, 0.5) is 10.1 Å². The molecule has 5 nitrogen and oxygen atoms in total. The zero-order valence-electron chi connectivity index (χ0n) is 13.3. The number of nitrogens with one attached hydrogen (secondary N) is 2. The zero-order chi connectivity index (χ0) is 17.4. The van der Waals surface area contributed by atoms with Crippen LogP contribution in [0.5, 0.6) is 11.5 Å². The number of rotatable bonds is 4. The maximum absolute atomic E-state index is 12.9. The summed E-state index contributed by atoms with van der Waals surface area (Å²) in [5.41, 5.74) is 2.34. The van der Waals surface area contributed by atoms with Gasteiger partial charge in [-0.2, -0.15) is 0 Å². The van der Waals surface area contributed by atoms with E-state index in [9.17, 15) is 9.18 Å². The van der Waals surface area contributed by atoms with Gasteiger partial charge in [0.2, 0.25) is 5.91 Å². The van der Waals surface area contributed by atoms with Crippen molar-refractivity contribution in [3.05, 3.63) is 52.3 Å². The summed E-state index contributed by atoms with van der Waals surface area (Å²) in [5, 5.41) is 6.48. The molecule has 0 spiro atoms. The molecule has 2 aromatic rings. The molecule has 1 unspecified atom stereocenters. The number of halogens is 2. The number of ether oxygens (including phenoxy) is 2. The minimum atomic E-state index is -0.250. The highest BCUT2D eigenvalue weighted by atomic mass is 35.5. The molecule has 130 valence electrons. The maximum Gasteiger partial charge on any atom is 0.229 e. The molecule has 2 aliphatic rings. The molecule has 2 heterocycles. The van der Waals surface area contributed by atoms with E-state index in [0.29, 0.717) is 41.9 Å². The van der Waals surface area contributed by atoms with E-state index in [-0.39, 0.29) is 24.2 Å².